The molecule has 2 aromatic rings. The van der Waals surface area contributed by atoms with E-state index in [4.69, 9.17) is 4.74 Å². The summed E-state index contributed by atoms with van der Waals surface area (Å²) in [6.45, 7) is 3.67. The lowest BCUT2D eigenvalue weighted by atomic mass is 9.97. The fourth-order valence-corrected chi connectivity index (χ4v) is 6.25. The second-order valence-electron chi connectivity index (χ2n) is 9.24. The van der Waals surface area contributed by atoms with Crippen molar-refractivity contribution < 1.29 is 22.7 Å². The van der Waals surface area contributed by atoms with E-state index in [0.717, 1.165) is 30.6 Å². The number of ether oxygens (including phenoxy) is 1. The van der Waals surface area contributed by atoms with E-state index in [-0.39, 0.29) is 29.6 Å². The maximum Gasteiger partial charge on any atom is 0.253 e. The molecule has 0 radical (unpaired) electrons. The lowest BCUT2D eigenvalue weighted by Gasteiger charge is -2.30. The van der Waals surface area contributed by atoms with Crippen molar-refractivity contribution in [2.75, 3.05) is 31.6 Å². The first-order valence-electron chi connectivity index (χ1n) is 12.2. The number of benzene rings is 2. The summed E-state index contributed by atoms with van der Waals surface area (Å²) in [7, 11) is -3.46. The first kappa shape index (κ1) is 25.3. The monoisotopic (exact) mass is 499 g/mol. The molecule has 2 heterocycles. The van der Waals surface area contributed by atoms with Gasteiger partial charge in [-0.15, -0.1) is 0 Å². The minimum atomic E-state index is -3.46. The predicted molar refractivity (Wildman–Crippen MR) is 134 cm³/mol. The molecule has 2 aliphatic heterocycles. The summed E-state index contributed by atoms with van der Waals surface area (Å²) < 4.78 is 32.9. The molecule has 0 bridgehead atoms. The number of carbonyl (C=O) groups excluding carboxylic acids is 2. The Bertz CT molecular complexity index is 1150. The lowest BCUT2D eigenvalue weighted by Crippen LogP contribution is -2.42. The largest absolute Gasteiger partial charge is 0.376 e. The van der Waals surface area contributed by atoms with Crippen molar-refractivity contribution in [3.63, 3.8) is 0 Å². The van der Waals surface area contributed by atoms with Gasteiger partial charge in [0.15, 0.2) is 0 Å². The van der Waals surface area contributed by atoms with Crippen LogP contribution in [0, 0.1) is 12.8 Å². The number of carbonyl (C=O) groups is 2. The molecule has 2 aromatic carbocycles. The Morgan fingerprint density at radius 1 is 1.03 bits per heavy atom. The smallest absolute Gasteiger partial charge is 0.253 e. The van der Waals surface area contributed by atoms with Crippen molar-refractivity contribution in [3.8, 4) is 0 Å². The number of piperidine rings is 1. The van der Waals surface area contributed by atoms with Crippen LogP contribution in [-0.2, 0) is 25.3 Å². The number of aryl methyl sites for hydroxylation is 1. The van der Waals surface area contributed by atoms with Gasteiger partial charge >= 0.3 is 0 Å². The van der Waals surface area contributed by atoms with E-state index in [1.54, 1.807) is 24.3 Å². The average molecular weight is 500 g/mol. The topological polar surface area (TPSA) is 105 Å². The van der Waals surface area contributed by atoms with E-state index < -0.39 is 10.0 Å². The molecule has 35 heavy (non-hydrogen) atoms. The zero-order valence-electron chi connectivity index (χ0n) is 20.0. The molecule has 2 fully saturated rings. The molecule has 0 unspecified atom stereocenters. The molecular formula is C26H33N3O5S. The minimum Gasteiger partial charge on any atom is -0.376 e. The average Bonchev–Trinajstić information content (AvgIpc) is 3.38. The van der Waals surface area contributed by atoms with Gasteiger partial charge in [0.05, 0.1) is 23.1 Å². The second-order valence-corrected chi connectivity index (χ2v) is 11.2. The van der Waals surface area contributed by atoms with Gasteiger partial charge in [-0.25, -0.2) is 12.7 Å². The van der Waals surface area contributed by atoms with E-state index in [1.165, 1.54) is 4.31 Å². The summed E-state index contributed by atoms with van der Waals surface area (Å²) in [4.78, 5) is 25.7. The summed E-state index contributed by atoms with van der Waals surface area (Å²) in [6, 6.07) is 14.4. The highest BCUT2D eigenvalue weighted by Crippen LogP contribution is 2.25. The number of hydrogen-bond donors (Lipinski definition) is 2. The van der Waals surface area contributed by atoms with Crippen molar-refractivity contribution in [1.82, 2.24) is 9.62 Å². The number of hydrogen-bond acceptors (Lipinski definition) is 5. The molecule has 188 valence electrons. The van der Waals surface area contributed by atoms with Gasteiger partial charge < -0.3 is 15.4 Å². The van der Waals surface area contributed by atoms with Crippen LogP contribution >= 0.6 is 0 Å². The SMILES string of the molecule is Cc1ccccc1CS(=O)(=O)N1CCC(C(=O)Nc2ccccc2C(=O)NC[C@@H]2CCCO2)CC1. The van der Waals surface area contributed by atoms with Gasteiger partial charge in [-0.1, -0.05) is 36.4 Å². The van der Waals surface area contributed by atoms with Crippen molar-refractivity contribution in [3.05, 3.63) is 65.2 Å². The maximum atomic E-state index is 13.0. The van der Waals surface area contributed by atoms with Gasteiger partial charge in [0, 0.05) is 32.2 Å². The van der Waals surface area contributed by atoms with E-state index >= 15 is 0 Å². The Morgan fingerprint density at radius 2 is 1.74 bits per heavy atom. The maximum absolute atomic E-state index is 13.0. The van der Waals surface area contributed by atoms with Crippen LogP contribution in [-0.4, -0.2) is 56.9 Å². The van der Waals surface area contributed by atoms with Crippen LogP contribution in [0.15, 0.2) is 48.5 Å². The molecule has 8 nitrogen and oxygen atoms in total. The molecule has 2 amide bonds. The van der Waals surface area contributed by atoms with Crippen LogP contribution in [0.4, 0.5) is 5.69 Å². The minimum absolute atomic E-state index is 0.0352. The molecule has 0 aliphatic carbocycles. The molecule has 0 spiro atoms. The van der Waals surface area contributed by atoms with Gasteiger partial charge in [0.2, 0.25) is 15.9 Å². The third-order valence-electron chi connectivity index (χ3n) is 6.76. The molecule has 9 heteroatoms. The number of amides is 2. The molecular weight excluding hydrogens is 466 g/mol. The molecule has 4 rings (SSSR count). The standard InChI is InChI=1S/C26H33N3O5S/c1-19-7-2-3-8-21(19)18-35(32,33)29-14-12-20(13-15-29)25(30)28-24-11-5-4-10-23(24)26(31)27-17-22-9-6-16-34-22/h2-5,7-8,10-11,20,22H,6,9,12-18H2,1H3,(H,27,31)(H,28,30)/t22-/m0/s1. The molecule has 1 atom stereocenters. The van der Waals surface area contributed by atoms with Crippen LogP contribution < -0.4 is 10.6 Å². The summed E-state index contributed by atoms with van der Waals surface area (Å²) >= 11 is 0. The van der Waals surface area contributed by atoms with Gasteiger partial charge in [0.1, 0.15) is 0 Å². The summed E-state index contributed by atoms with van der Waals surface area (Å²) in [6.07, 6.45) is 2.84. The Labute approximate surface area is 207 Å². The van der Waals surface area contributed by atoms with Crippen LogP contribution in [0.25, 0.3) is 0 Å². The Hall–Kier alpha value is -2.75. The van der Waals surface area contributed by atoms with Crippen LogP contribution in [0.3, 0.4) is 0 Å². The van der Waals surface area contributed by atoms with Crippen molar-refractivity contribution in [2.45, 2.75) is 44.5 Å². The second kappa shape index (κ2) is 11.3. The van der Waals surface area contributed by atoms with E-state index in [0.29, 0.717) is 43.7 Å². The highest BCUT2D eigenvalue weighted by Gasteiger charge is 2.32. The quantitative estimate of drug-likeness (QED) is 0.581. The number of nitrogens with one attached hydrogen (secondary N) is 2. The molecule has 2 aliphatic rings. The number of nitrogens with zero attached hydrogens (tertiary/aromatic N) is 1. The zero-order chi connectivity index (χ0) is 24.8. The predicted octanol–water partition coefficient (Wildman–Crippen LogP) is 3.08. The van der Waals surface area contributed by atoms with E-state index in [1.807, 2.05) is 31.2 Å². The normalized spacial score (nSPS) is 19.4. The molecule has 2 saturated heterocycles. The Balaban J connectivity index is 1.32. The van der Waals surface area contributed by atoms with Crippen LogP contribution in [0.5, 0.6) is 0 Å². The fourth-order valence-electron chi connectivity index (χ4n) is 4.59. The highest BCUT2D eigenvalue weighted by molar-refractivity contribution is 7.88. The third kappa shape index (κ3) is 6.48. The van der Waals surface area contributed by atoms with E-state index in [2.05, 4.69) is 10.6 Å². The van der Waals surface area contributed by atoms with Crippen molar-refractivity contribution in [1.29, 1.82) is 0 Å². The van der Waals surface area contributed by atoms with E-state index in [9.17, 15) is 18.0 Å². The van der Waals surface area contributed by atoms with Gasteiger partial charge in [0.25, 0.3) is 5.91 Å². The summed E-state index contributed by atoms with van der Waals surface area (Å²) in [5.41, 5.74) is 2.60. The van der Waals surface area contributed by atoms with Gasteiger partial charge in [-0.3, -0.25) is 9.59 Å². The summed E-state index contributed by atoms with van der Waals surface area (Å²) in [5, 5.41) is 5.78. The molecule has 2 N–H and O–H groups in total. The number of para-hydroxylation sites is 1. The van der Waals surface area contributed by atoms with Gasteiger partial charge in [-0.2, -0.15) is 0 Å². The number of anilines is 1. The highest BCUT2D eigenvalue weighted by atomic mass is 32.2. The Kier molecular flexibility index (Phi) is 8.20. The first-order chi connectivity index (χ1) is 16.8. The van der Waals surface area contributed by atoms with Crippen molar-refractivity contribution >= 4 is 27.5 Å². The number of sulfonamides is 1. The summed E-state index contributed by atoms with van der Waals surface area (Å²) in [5.74, 6) is -0.804. The third-order valence-corrected chi connectivity index (χ3v) is 8.59. The molecule has 0 aromatic heterocycles. The number of rotatable bonds is 8. The van der Waals surface area contributed by atoms with Gasteiger partial charge in [-0.05, 0) is 55.9 Å². The first-order valence-corrected chi connectivity index (χ1v) is 13.8. The van der Waals surface area contributed by atoms with Crippen LogP contribution in [0.2, 0.25) is 0 Å². The van der Waals surface area contributed by atoms with Crippen molar-refractivity contribution in [2.24, 2.45) is 5.92 Å². The lowest BCUT2D eigenvalue weighted by molar-refractivity contribution is -0.120. The Morgan fingerprint density at radius 3 is 2.46 bits per heavy atom. The zero-order valence-corrected chi connectivity index (χ0v) is 20.9. The fraction of sp³-hybridized carbons (Fsp3) is 0.462. The van der Waals surface area contributed by atoms with Crippen LogP contribution in [0.1, 0.15) is 47.2 Å². The molecule has 0 saturated carbocycles.